The van der Waals surface area contributed by atoms with E-state index in [0.29, 0.717) is 5.92 Å². The molecule has 1 aromatic carbocycles. The smallest absolute Gasteiger partial charge is 0.244 e. The number of amides is 1. The zero-order chi connectivity index (χ0) is 14.7. The molecule has 0 spiro atoms. The molecule has 1 unspecified atom stereocenters. The Morgan fingerprint density at radius 3 is 2.76 bits per heavy atom. The number of nitrogens with one attached hydrogen (secondary N) is 1. The molecule has 3 nitrogen and oxygen atoms in total. The van der Waals surface area contributed by atoms with Crippen molar-refractivity contribution in [1.29, 1.82) is 0 Å². The van der Waals surface area contributed by atoms with Gasteiger partial charge in [0, 0.05) is 19.3 Å². The van der Waals surface area contributed by atoms with E-state index in [1.54, 1.807) is 0 Å². The topological polar surface area (TPSA) is 32.3 Å². The highest BCUT2D eigenvalue weighted by Gasteiger charge is 2.27. The minimum absolute atomic E-state index is 0.0477. The van der Waals surface area contributed by atoms with Crippen LogP contribution in [0.15, 0.2) is 24.3 Å². The summed E-state index contributed by atoms with van der Waals surface area (Å²) in [6.07, 6.45) is 8.53. The first-order valence-electron chi connectivity index (χ1n) is 8.33. The van der Waals surface area contributed by atoms with Gasteiger partial charge in [0.15, 0.2) is 0 Å². The lowest BCUT2D eigenvalue weighted by molar-refractivity contribution is -0.131. The summed E-state index contributed by atoms with van der Waals surface area (Å²) in [7, 11) is 1.97. The second-order valence-corrected chi connectivity index (χ2v) is 6.62. The van der Waals surface area contributed by atoms with Crippen molar-refractivity contribution >= 4 is 11.6 Å². The van der Waals surface area contributed by atoms with Crippen molar-refractivity contribution < 1.29 is 4.79 Å². The lowest BCUT2D eigenvalue weighted by Crippen LogP contribution is -2.44. The van der Waals surface area contributed by atoms with Crippen LogP contribution >= 0.6 is 0 Å². The summed E-state index contributed by atoms with van der Waals surface area (Å²) in [4.78, 5) is 14.6. The lowest BCUT2D eigenvalue weighted by Gasteiger charge is -2.32. The number of likely N-dealkylation sites (N-methyl/N-ethyl adjacent to an activating group) is 1. The number of anilines is 1. The molecule has 2 aliphatic rings. The predicted octanol–water partition coefficient (Wildman–Crippen LogP) is 3.45. The first-order valence-corrected chi connectivity index (χ1v) is 8.33. The normalized spacial score (nSPS) is 22.2. The van der Waals surface area contributed by atoms with E-state index < -0.39 is 0 Å². The van der Waals surface area contributed by atoms with E-state index in [9.17, 15) is 4.79 Å². The molecule has 1 amide bonds. The summed E-state index contributed by atoms with van der Waals surface area (Å²) in [5, 5.41) is 3.42. The number of aryl methyl sites for hydroxylation is 1. The Bertz CT molecular complexity index is 494. The van der Waals surface area contributed by atoms with Crippen molar-refractivity contribution in [3.63, 3.8) is 0 Å². The molecule has 0 saturated heterocycles. The van der Waals surface area contributed by atoms with E-state index in [0.717, 1.165) is 25.1 Å². The molecule has 1 N–H and O–H groups in total. The second kappa shape index (κ2) is 6.50. The van der Waals surface area contributed by atoms with Crippen LogP contribution in [0.5, 0.6) is 0 Å². The molecule has 1 saturated carbocycles. The van der Waals surface area contributed by atoms with Crippen LogP contribution < -0.4 is 5.32 Å². The maximum atomic E-state index is 12.6. The minimum Gasteiger partial charge on any atom is -0.373 e. The summed E-state index contributed by atoms with van der Waals surface area (Å²) in [5.41, 5.74) is 2.46. The van der Waals surface area contributed by atoms with E-state index in [2.05, 4.69) is 23.5 Å². The summed E-state index contributed by atoms with van der Waals surface area (Å²) in [5.74, 6) is 0.971. The maximum Gasteiger partial charge on any atom is 0.244 e. The van der Waals surface area contributed by atoms with E-state index in [1.807, 2.05) is 18.0 Å². The third kappa shape index (κ3) is 3.39. The van der Waals surface area contributed by atoms with Crippen molar-refractivity contribution in [2.24, 2.45) is 5.92 Å². The number of para-hydroxylation sites is 1. The second-order valence-electron chi connectivity index (χ2n) is 6.62. The van der Waals surface area contributed by atoms with Crippen LogP contribution in [0.4, 0.5) is 5.69 Å². The van der Waals surface area contributed by atoms with Crippen LogP contribution in [0.3, 0.4) is 0 Å². The van der Waals surface area contributed by atoms with Gasteiger partial charge in [-0.25, -0.2) is 0 Å². The van der Waals surface area contributed by atoms with Gasteiger partial charge >= 0.3 is 0 Å². The van der Waals surface area contributed by atoms with Crippen molar-refractivity contribution in [2.75, 3.05) is 18.9 Å². The van der Waals surface area contributed by atoms with Gasteiger partial charge in [-0.3, -0.25) is 4.79 Å². The highest BCUT2D eigenvalue weighted by Crippen LogP contribution is 2.27. The van der Waals surface area contributed by atoms with Gasteiger partial charge in [0.25, 0.3) is 0 Å². The largest absolute Gasteiger partial charge is 0.373 e. The number of nitrogens with zero attached hydrogens (tertiary/aromatic N) is 1. The van der Waals surface area contributed by atoms with Gasteiger partial charge in [0.2, 0.25) is 5.91 Å². The van der Waals surface area contributed by atoms with E-state index in [4.69, 9.17) is 0 Å². The standard InChI is InChI=1S/C18H26N2O/c1-20(13-14-7-3-2-4-8-14)18(21)17-12-11-15-9-5-6-10-16(15)19-17/h5-6,9-10,14,17,19H,2-4,7-8,11-13H2,1H3. The Hall–Kier alpha value is -1.51. The average molecular weight is 286 g/mol. The van der Waals surface area contributed by atoms with Gasteiger partial charge < -0.3 is 10.2 Å². The van der Waals surface area contributed by atoms with Crippen molar-refractivity contribution in [3.05, 3.63) is 29.8 Å². The first-order chi connectivity index (χ1) is 10.2. The number of carbonyl (C=O) groups is 1. The molecule has 1 atom stereocenters. The fourth-order valence-corrected chi connectivity index (χ4v) is 3.74. The van der Waals surface area contributed by atoms with Crippen molar-refractivity contribution in [1.82, 2.24) is 4.90 Å². The molecule has 0 bridgehead atoms. The molecule has 0 aromatic heterocycles. The Labute approximate surface area is 127 Å². The zero-order valence-electron chi connectivity index (χ0n) is 13.0. The van der Waals surface area contributed by atoms with Gasteiger partial charge in [0.05, 0.1) is 0 Å². The van der Waals surface area contributed by atoms with E-state index >= 15 is 0 Å². The molecule has 1 aliphatic carbocycles. The van der Waals surface area contributed by atoms with Crippen LogP contribution in [0.2, 0.25) is 0 Å². The van der Waals surface area contributed by atoms with Crippen LogP contribution in [-0.2, 0) is 11.2 Å². The molecule has 0 radical (unpaired) electrons. The Balaban J connectivity index is 1.58. The highest BCUT2D eigenvalue weighted by molar-refractivity contribution is 5.85. The van der Waals surface area contributed by atoms with Gasteiger partial charge in [-0.15, -0.1) is 0 Å². The molecule has 1 heterocycles. The molecular formula is C18H26N2O. The predicted molar refractivity (Wildman–Crippen MR) is 86.4 cm³/mol. The Kier molecular flexibility index (Phi) is 4.47. The van der Waals surface area contributed by atoms with Gasteiger partial charge in [-0.2, -0.15) is 0 Å². The third-order valence-electron chi connectivity index (χ3n) is 4.98. The number of benzene rings is 1. The van der Waals surface area contributed by atoms with Crippen LogP contribution in [0.1, 0.15) is 44.1 Å². The SMILES string of the molecule is CN(CC1CCCCC1)C(=O)C1CCc2ccccc2N1. The fourth-order valence-electron chi connectivity index (χ4n) is 3.74. The molecule has 3 rings (SSSR count). The van der Waals surface area contributed by atoms with Crippen LogP contribution in [0, 0.1) is 5.92 Å². The fraction of sp³-hybridized carbons (Fsp3) is 0.611. The maximum absolute atomic E-state index is 12.6. The number of hydrogen-bond acceptors (Lipinski definition) is 2. The van der Waals surface area contributed by atoms with E-state index in [1.165, 1.54) is 37.7 Å². The number of carbonyl (C=O) groups excluding carboxylic acids is 1. The van der Waals surface area contributed by atoms with Crippen molar-refractivity contribution in [3.8, 4) is 0 Å². The number of rotatable bonds is 3. The molecule has 1 aromatic rings. The van der Waals surface area contributed by atoms with Crippen LogP contribution in [0.25, 0.3) is 0 Å². The van der Waals surface area contributed by atoms with Gasteiger partial charge in [-0.1, -0.05) is 37.5 Å². The van der Waals surface area contributed by atoms with Crippen molar-refractivity contribution in [2.45, 2.75) is 51.0 Å². The van der Waals surface area contributed by atoms with Gasteiger partial charge in [0.1, 0.15) is 6.04 Å². The summed E-state index contributed by atoms with van der Waals surface area (Å²) < 4.78 is 0. The third-order valence-corrected chi connectivity index (χ3v) is 4.98. The summed E-state index contributed by atoms with van der Waals surface area (Å²) in [6, 6.07) is 8.28. The molecule has 1 aliphatic heterocycles. The molecule has 21 heavy (non-hydrogen) atoms. The van der Waals surface area contributed by atoms with E-state index in [-0.39, 0.29) is 11.9 Å². The Morgan fingerprint density at radius 1 is 1.19 bits per heavy atom. The quantitative estimate of drug-likeness (QED) is 0.923. The zero-order valence-corrected chi connectivity index (χ0v) is 13.0. The Morgan fingerprint density at radius 2 is 1.95 bits per heavy atom. The van der Waals surface area contributed by atoms with Crippen LogP contribution in [-0.4, -0.2) is 30.4 Å². The summed E-state index contributed by atoms with van der Waals surface area (Å²) >= 11 is 0. The monoisotopic (exact) mass is 286 g/mol. The first kappa shape index (κ1) is 14.4. The lowest BCUT2D eigenvalue weighted by atomic mass is 9.89. The van der Waals surface area contributed by atoms with Gasteiger partial charge in [-0.05, 0) is 43.2 Å². The molecule has 3 heteroatoms. The highest BCUT2D eigenvalue weighted by atomic mass is 16.2. The molecule has 114 valence electrons. The number of hydrogen-bond donors (Lipinski definition) is 1. The molecule has 1 fully saturated rings. The summed E-state index contributed by atoms with van der Waals surface area (Å²) in [6.45, 7) is 0.929. The average Bonchev–Trinajstić information content (AvgIpc) is 2.54. The molecular weight excluding hydrogens is 260 g/mol. The number of fused-ring (bicyclic) bond motifs is 1. The minimum atomic E-state index is -0.0477.